The van der Waals surface area contributed by atoms with Gasteiger partial charge in [0.1, 0.15) is 0 Å². The van der Waals surface area contributed by atoms with Crippen molar-refractivity contribution in [2.24, 2.45) is 0 Å². The smallest absolute Gasteiger partial charge is 0.0461 e. The Morgan fingerprint density at radius 3 is 1.87 bits per heavy atom. The fourth-order valence-corrected chi connectivity index (χ4v) is 6.85. The van der Waals surface area contributed by atoms with Crippen LogP contribution in [0.4, 0.5) is 11.4 Å². The molecule has 8 rings (SSSR count). The van der Waals surface area contributed by atoms with Gasteiger partial charge in [0.2, 0.25) is 0 Å². The average Bonchev–Trinajstić information content (AvgIpc) is 3.13. The Kier molecular flexibility index (Phi) is 7.21. The summed E-state index contributed by atoms with van der Waals surface area (Å²) in [6, 6.07) is 48.9. The molecular weight excluding hydrogens is 542 g/mol. The van der Waals surface area contributed by atoms with Gasteiger partial charge in [-0.15, -0.1) is 0 Å². The topological polar surface area (TPSA) is 3.24 Å². The van der Waals surface area contributed by atoms with E-state index in [0.717, 1.165) is 18.5 Å². The molecule has 0 amide bonds. The van der Waals surface area contributed by atoms with Crippen LogP contribution in [-0.2, 0) is 0 Å². The van der Waals surface area contributed by atoms with E-state index in [1.807, 2.05) is 0 Å². The molecule has 0 aliphatic heterocycles. The zero-order chi connectivity index (χ0) is 30.0. The summed E-state index contributed by atoms with van der Waals surface area (Å²) in [4.78, 5) is 2.40. The Morgan fingerprint density at radius 1 is 0.489 bits per heavy atom. The minimum atomic E-state index is 0.341. The summed E-state index contributed by atoms with van der Waals surface area (Å²) in [6.45, 7) is 0. The second-order valence-electron chi connectivity index (χ2n) is 12.1. The molecule has 0 heterocycles. The van der Waals surface area contributed by atoms with E-state index < -0.39 is 0 Å². The number of rotatable bonds is 6. The largest absolute Gasteiger partial charge is 0.311 e. The molecule has 45 heavy (non-hydrogen) atoms. The summed E-state index contributed by atoms with van der Waals surface area (Å²) in [5.74, 6) is 0.782. The van der Waals surface area contributed by atoms with Gasteiger partial charge < -0.3 is 4.90 Å². The lowest BCUT2D eigenvalue weighted by Crippen LogP contribution is -2.17. The van der Waals surface area contributed by atoms with Crippen molar-refractivity contribution in [3.63, 3.8) is 0 Å². The van der Waals surface area contributed by atoms with E-state index in [9.17, 15) is 0 Å². The molecule has 2 atom stereocenters. The molecule has 0 saturated heterocycles. The lowest BCUT2D eigenvalue weighted by atomic mass is 9.89. The molecule has 1 heteroatoms. The van der Waals surface area contributed by atoms with Crippen LogP contribution < -0.4 is 4.90 Å². The second-order valence-corrected chi connectivity index (χ2v) is 12.1. The highest BCUT2D eigenvalue weighted by molar-refractivity contribution is 6.07. The van der Waals surface area contributed by atoms with Gasteiger partial charge in [0, 0.05) is 28.9 Å². The first-order valence-corrected chi connectivity index (χ1v) is 16.0. The maximum Gasteiger partial charge on any atom is 0.0461 e. The monoisotopic (exact) mass is 577 g/mol. The van der Waals surface area contributed by atoms with Crippen LogP contribution in [0.25, 0.3) is 32.7 Å². The summed E-state index contributed by atoms with van der Waals surface area (Å²) < 4.78 is 0. The number of benzene rings is 6. The molecule has 0 radical (unpaired) electrons. The van der Waals surface area contributed by atoms with Gasteiger partial charge >= 0.3 is 0 Å². The molecule has 0 saturated carbocycles. The maximum absolute atomic E-state index is 2.41. The molecule has 6 aromatic rings. The summed E-state index contributed by atoms with van der Waals surface area (Å²) in [5.41, 5.74) is 8.72. The Labute approximate surface area is 265 Å². The van der Waals surface area contributed by atoms with Crippen LogP contribution in [-0.4, -0.2) is 0 Å². The van der Waals surface area contributed by atoms with Gasteiger partial charge in [-0.2, -0.15) is 0 Å². The van der Waals surface area contributed by atoms with Crippen LogP contribution in [0.15, 0.2) is 182 Å². The average molecular weight is 578 g/mol. The van der Waals surface area contributed by atoms with E-state index in [0.29, 0.717) is 11.8 Å². The van der Waals surface area contributed by atoms with E-state index >= 15 is 0 Å². The minimum Gasteiger partial charge on any atom is -0.311 e. The summed E-state index contributed by atoms with van der Waals surface area (Å²) >= 11 is 0. The number of hydrogen-bond donors (Lipinski definition) is 0. The van der Waals surface area contributed by atoms with Crippen LogP contribution in [0.1, 0.15) is 35.8 Å². The van der Waals surface area contributed by atoms with Crippen LogP contribution in [0.3, 0.4) is 0 Å². The molecule has 216 valence electrons. The van der Waals surface area contributed by atoms with E-state index in [2.05, 4.69) is 181 Å². The van der Waals surface area contributed by atoms with Crippen molar-refractivity contribution in [1.29, 1.82) is 0 Å². The van der Waals surface area contributed by atoms with Crippen molar-refractivity contribution in [2.75, 3.05) is 4.90 Å². The molecule has 0 bridgehead atoms. The third kappa shape index (κ3) is 5.43. The lowest BCUT2D eigenvalue weighted by molar-refractivity contribution is 0.841. The molecule has 0 fully saturated rings. The first-order chi connectivity index (χ1) is 22.3. The Balaban J connectivity index is 1.12. The fraction of sp³-hybridized carbons (Fsp3) is 0.0909. The van der Waals surface area contributed by atoms with E-state index in [-0.39, 0.29) is 0 Å². The van der Waals surface area contributed by atoms with Crippen molar-refractivity contribution >= 4 is 32.9 Å². The molecule has 2 unspecified atom stereocenters. The zero-order valence-electron chi connectivity index (χ0n) is 25.3. The Morgan fingerprint density at radius 2 is 1.13 bits per heavy atom. The first-order valence-electron chi connectivity index (χ1n) is 16.0. The Bertz CT molecular complexity index is 2090. The fourth-order valence-electron chi connectivity index (χ4n) is 6.85. The number of anilines is 2. The van der Waals surface area contributed by atoms with Crippen molar-refractivity contribution in [2.45, 2.75) is 24.7 Å². The second kappa shape index (κ2) is 11.9. The number of nitrogens with zero attached hydrogens (tertiary/aromatic N) is 1. The summed E-state index contributed by atoms with van der Waals surface area (Å²) in [6.07, 6.45) is 18.0. The first kappa shape index (κ1) is 27.2. The predicted octanol–water partition coefficient (Wildman–Crippen LogP) is 12.0. The normalized spacial score (nSPS) is 17.5. The maximum atomic E-state index is 2.41. The molecule has 2 aliphatic rings. The summed E-state index contributed by atoms with van der Waals surface area (Å²) in [5, 5.41) is 5.24. The molecule has 0 aromatic heterocycles. The van der Waals surface area contributed by atoms with Gasteiger partial charge in [0.25, 0.3) is 0 Å². The quantitative estimate of drug-likeness (QED) is 0.178. The number of allylic oxidation sites excluding steroid dienone is 7. The van der Waals surface area contributed by atoms with Crippen LogP contribution in [0.5, 0.6) is 0 Å². The molecule has 0 N–H and O–H groups in total. The third-order valence-corrected chi connectivity index (χ3v) is 9.33. The number of hydrogen-bond acceptors (Lipinski definition) is 1. The zero-order valence-corrected chi connectivity index (χ0v) is 25.3. The van der Waals surface area contributed by atoms with E-state index in [1.165, 1.54) is 55.2 Å². The van der Waals surface area contributed by atoms with Gasteiger partial charge in [-0.25, -0.2) is 0 Å². The SMILES string of the molecule is C1=CCC(c2ccc(N(C3=CCC(c4ccc5ccc6ccccc6c5c4)C=C3)c3ccc(-c4ccccc4)cc3)cc2)C=C1. The van der Waals surface area contributed by atoms with Crippen molar-refractivity contribution in [3.8, 4) is 11.1 Å². The van der Waals surface area contributed by atoms with Gasteiger partial charge in [-0.1, -0.05) is 140 Å². The minimum absolute atomic E-state index is 0.341. The Hall–Kier alpha value is -5.40. The number of fused-ring (bicyclic) bond motifs is 3. The summed E-state index contributed by atoms with van der Waals surface area (Å²) in [7, 11) is 0. The lowest BCUT2D eigenvalue weighted by Gasteiger charge is -2.29. The highest BCUT2D eigenvalue weighted by atomic mass is 15.1. The van der Waals surface area contributed by atoms with Gasteiger partial charge in [0.15, 0.2) is 0 Å². The molecule has 2 aliphatic carbocycles. The molecule has 0 spiro atoms. The predicted molar refractivity (Wildman–Crippen MR) is 192 cm³/mol. The standard InChI is InChI=1S/C44H35N/c1-3-9-32(10-4-1)34-19-25-40(26-20-34)45(41-27-21-35(22-28-41)33-11-5-2-6-12-33)42-29-23-36(24-30-42)39-18-17-38-16-15-37-13-7-8-14-43(37)44(38)31-39/h1-11,13-23,25-31,33,36H,12,24H2. The van der Waals surface area contributed by atoms with E-state index in [1.54, 1.807) is 0 Å². The van der Waals surface area contributed by atoms with Gasteiger partial charge in [0.05, 0.1) is 0 Å². The van der Waals surface area contributed by atoms with Crippen molar-refractivity contribution in [3.05, 3.63) is 193 Å². The van der Waals surface area contributed by atoms with Crippen molar-refractivity contribution < 1.29 is 0 Å². The van der Waals surface area contributed by atoms with Gasteiger partial charge in [-0.05, 0) is 93.0 Å². The van der Waals surface area contributed by atoms with Crippen LogP contribution in [0, 0.1) is 0 Å². The highest BCUT2D eigenvalue weighted by Gasteiger charge is 2.19. The van der Waals surface area contributed by atoms with Gasteiger partial charge in [-0.3, -0.25) is 0 Å². The van der Waals surface area contributed by atoms with Crippen molar-refractivity contribution in [1.82, 2.24) is 0 Å². The van der Waals surface area contributed by atoms with Crippen LogP contribution in [0.2, 0.25) is 0 Å². The highest BCUT2D eigenvalue weighted by Crippen LogP contribution is 2.38. The molecule has 1 nitrogen and oxygen atoms in total. The van der Waals surface area contributed by atoms with Crippen LogP contribution >= 0.6 is 0 Å². The molecular formula is C44H35N. The molecule has 6 aromatic carbocycles. The van der Waals surface area contributed by atoms with E-state index in [4.69, 9.17) is 0 Å². The third-order valence-electron chi connectivity index (χ3n) is 9.33.